The fraction of sp³-hybridized carbons (Fsp3) is 1.00. The Morgan fingerprint density at radius 3 is 2.92 bits per heavy atom. The first-order chi connectivity index (χ1) is 5.90. The summed E-state index contributed by atoms with van der Waals surface area (Å²) in [5.74, 6) is 0. The van der Waals surface area contributed by atoms with Crippen LogP contribution in [-0.4, -0.2) is 31.5 Å². The van der Waals surface area contributed by atoms with E-state index in [-0.39, 0.29) is 0 Å². The first-order valence-electron chi connectivity index (χ1n) is 4.87. The third-order valence-corrected chi connectivity index (χ3v) is 2.73. The minimum atomic E-state index is 0.371. The highest BCUT2D eigenvalue weighted by Crippen LogP contribution is 2.35. The molecule has 2 N–H and O–H groups in total. The monoisotopic (exact) mass is 171 g/mol. The van der Waals surface area contributed by atoms with E-state index in [9.17, 15) is 0 Å². The number of rotatable bonds is 4. The molecular formula is C9H17NO2. The molecule has 2 rings (SSSR count). The maximum atomic E-state index is 5.67. The van der Waals surface area contributed by atoms with E-state index in [1.54, 1.807) is 0 Å². The van der Waals surface area contributed by atoms with Crippen LogP contribution in [0.1, 0.15) is 25.7 Å². The van der Waals surface area contributed by atoms with E-state index in [2.05, 4.69) is 0 Å². The van der Waals surface area contributed by atoms with Crippen LogP contribution in [0.4, 0.5) is 0 Å². The number of nitrogens with two attached hydrogens (primary N) is 1. The molecule has 2 fully saturated rings. The highest BCUT2D eigenvalue weighted by molar-refractivity contribution is 4.90. The van der Waals surface area contributed by atoms with Crippen molar-refractivity contribution >= 4 is 0 Å². The van der Waals surface area contributed by atoms with E-state index in [0.717, 1.165) is 26.0 Å². The summed E-state index contributed by atoms with van der Waals surface area (Å²) in [6.45, 7) is 1.52. The van der Waals surface area contributed by atoms with Gasteiger partial charge in [-0.1, -0.05) is 0 Å². The number of hydrogen-bond donors (Lipinski definition) is 1. The van der Waals surface area contributed by atoms with Crippen molar-refractivity contribution in [3.8, 4) is 0 Å². The fourth-order valence-electron chi connectivity index (χ4n) is 2.08. The molecule has 0 aromatic carbocycles. The normalized spacial score (nSPS) is 39.2. The molecule has 3 atom stereocenters. The van der Waals surface area contributed by atoms with E-state index < -0.39 is 0 Å². The molecular weight excluding hydrogens is 154 g/mol. The molecule has 2 saturated heterocycles. The maximum Gasteiger partial charge on any atom is 0.0861 e. The first-order valence-corrected chi connectivity index (χ1v) is 4.87. The summed E-state index contributed by atoms with van der Waals surface area (Å²) in [6.07, 6.45) is 5.77. The molecule has 0 aromatic heterocycles. The highest BCUT2D eigenvalue weighted by Gasteiger charge is 2.41. The zero-order valence-corrected chi connectivity index (χ0v) is 7.37. The molecule has 0 saturated carbocycles. The standard InChI is InChI=1S/C9H17NO2/c10-4-1-5-11-9-6-7-2-3-8(9)12-7/h7-9H,1-6,10H2. The quantitative estimate of drug-likeness (QED) is 0.632. The highest BCUT2D eigenvalue weighted by atomic mass is 16.6. The van der Waals surface area contributed by atoms with E-state index in [0.29, 0.717) is 18.3 Å². The molecule has 0 amide bonds. The second kappa shape index (κ2) is 3.73. The maximum absolute atomic E-state index is 5.67. The van der Waals surface area contributed by atoms with Gasteiger partial charge in [0.15, 0.2) is 0 Å². The van der Waals surface area contributed by atoms with Crippen LogP contribution in [0.15, 0.2) is 0 Å². The fourth-order valence-corrected chi connectivity index (χ4v) is 2.08. The number of ether oxygens (including phenoxy) is 2. The van der Waals surface area contributed by atoms with Crippen molar-refractivity contribution in [2.45, 2.75) is 44.0 Å². The van der Waals surface area contributed by atoms with E-state index in [1.807, 2.05) is 0 Å². The molecule has 2 heterocycles. The molecule has 0 aromatic rings. The van der Waals surface area contributed by atoms with Crippen LogP contribution in [0.2, 0.25) is 0 Å². The van der Waals surface area contributed by atoms with Crippen molar-refractivity contribution in [3.63, 3.8) is 0 Å². The van der Waals surface area contributed by atoms with Gasteiger partial charge in [-0.3, -0.25) is 0 Å². The summed E-state index contributed by atoms with van der Waals surface area (Å²) < 4.78 is 11.3. The van der Waals surface area contributed by atoms with E-state index in [1.165, 1.54) is 12.8 Å². The van der Waals surface area contributed by atoms with Crippen LogP contribution in [0.25, 0.3) is 0 Å². The molecule has 3 heteroatoms. The van der Waals surface area contributed by atoms with Gasteiger partial charge in [-0.2, -0.15) is 0 Å². The van der Waals surface area contributed by atoms with Crippen LogP contribution in [0.5, 0.6) is 0 Å². The lowest BCUT2D eigenvalue weighted by molar-refractivity contribution is -0.00104. The van der Waals surface area contributed by atoms with Gasteiger partial charge in [0.25, 0.3) is 0 Å². The van der Waals surface area contributed by atoms with Crippen molar-refractivity contribution < 1.29 is 9.47 Å². The molecule has 3 unspecified atom stereocenters. The summed E-state index contributed by atoms with van der Waals surface area (Å²) in [5.41, 5.74) is 5.38. The predicted molar refractivity (Wildman–Crippen MR) is 45.9 cm³/mol. The minimum Gasteiger partial charge on any atom is -0.375 e. The zero-order chi connectivity index (χ0) is 8.39. The molecule has 3 nitrogen and oxygen atoms in total. The second-order valence-corrected chi connectivity index (χ2v) is 3.66. The Labute approximate surface area is 73.2 Å². The van der Waals surface area contributed by atoms with Crippen LogP contribution in [-0.2, 0) is 9.47 Å². The Balaban J connectivity index is 1.69. The summed E-state index contributed by atoms with van der Waals surface area (Å²) in [7, 11) is 0. The summed E-state index contributed by atoms with van der Waals surface area (Å²) in [4.78, 5) is 0. The molecule has 0 aliphatic carbocycles. The largest absolute Gasteiger partial charge is 0.375 e. The van der Waals surface area contributed by atoms with Gasteiger partial charge < -0.3 is 15.2 Å². The molecule has 12 heavy (non-hydrogen) atoms. The van der Waals surface area contributed by atoms with Gasteiger partial charge in [0.05, 0.1) is 18.3 Å². The Bertz CT molecular complexity index is 151. The Morgan fingerprint density at radius 1 is 1.42 bits per heavy atom. The smallest absolute Gasteiger partial charge is 0.0861 e. The third-order valence-electron chi connectivity index (χ3n) is 2.73. The van der Waals surface area contributed by atoms with Gasteiger partial charge in [-0.15, -0.1) is 0 Å². The molecule has 2 aliphatic rings. The molecule has 2 aliphatic heterocycles. The average Bonchev–Trinajstić information content (AvgIpc) is 2.65. The summed E-state index contributed by atoms with van der Waals surface area (Å²) in [5, 5.41) is 0. The lowest BCUT2D eigenvalue weighted by atomic mass is 9.98. The number of fused-ring (bicyclic) bond motifs is 2. The SMILES string of the molecule is NCCCOC1CC2CCC1O2. The van der Waals surface area contributed by atoms with Crippen molar-refractivity contribution in [2.24, 2.45) is 5.73 Å². The van der Waals surface area contributed by atoms with Gasteiger partial charge >= 0.3 is 0 Å². The Kier molecular flexibility index (Phi) is 2.63. The third kappa shape index (κ3) is 1.63. The Morgan fingerprint density at radius 2 is 2.33 bits per heavy atom. The van der Waals surface area contributed by atoms with Gasteiger partial charge in [0, 0.05) is 13.0 Å². The van der Waals surface area contributed by atoms with Crippen LogP contribution >= 0.6 is 0 Å². The first kappa shape index (κ1) is 8.48. The van der Waals surface area contributed by atoms with Gasteiger partial charge in [0.1, 0.15) is 0 Å². The minimum absolute atomic E-state index is 0.371. The average molecular weight is 171 g/mol. The summed E-state index contributed by atoms with van der Waals surface area (Å²) in [6, 6.07) is 0. The molecule has 2 bridgehead atoms. The van der Waals surface area contributed by atoms with Crippen molar-refractivity contribution in [3.05, 3.63) is 0 Å². The summed E-state index contributed by atoms with van der Waals surface area (Å²) >= 11 is 0. The zero-order valence-electron chi connectivity index (χ0n) is 7.37. The molecule has 0 spiro atoms. The topological polar surface area (TPSA) is 44.5 Å². The van der Waals surface area contributed by atoms with Crippen LogP contribution in [0.3, 0.4) is 0 Å². The molecule has 70 valence electrons. The van der Waals surface area contributed by atoms with Gasteiger partial charge in [-0.05, 0) is 25.8 Å². The van der Waals surface area contributed by atoms with E-state index in [4.69, 9.17) is 15.2 Å². The van der Waals surface area contributed by atoms with Gasteiger partial charge in [0.2, 0.25) is 0 Å². The van der Waals surface area contributed by atoms with Crippen molar-refractivity contribution in [1.82, 2.24) is 0 Å². The number of hydrogen-bond acceptors (Lipinski definition) is 3. The van der Waals surface area contributed by atoms with Gasteiger partial charge in [-0.25, -0.2) is 0 Å². The molecule has 0 radical (unpaired) electrons. The lowest BCUT2D eigenvalue weighted by Gasteiger charge is -2.18. The van der Waals surface area contributed by atoms with Crippen molar-refractivity contribution in [2.75, 3.05) is 13.2 Å². The second-order valence-electron chi connectivity index (χ2n) is 3.66. The van der Waals surface area contributed by atoms with Crippen molar-refractivity contribution in [1.29, 1.82) is 0 Å². The predicted octanol–water partition coefficient (Wildman–Crippen LogP) is 0.672. The Hall–Kier alpha value is -0.120. The van der Waals surface area contributed by atoms with Crippen LogP contribution < -0.4 is 5.73 Å². The van der Waals surface area contributed by atoms with E-state index >= 15 is 0 Å². The lowest BCUT2D eigenvalue weighted by Crippen LogP contribution is -2.26. The van der Waals surface area contributed by atoms with Crippen LogP contribution in [0, 0.1) is 0 Å².